The number of amides is 1. The zero-order valence-electron chi connectivity index (χ0n) is 12.8. The van der Waals surface area contributed by atoms with Gasteiger partial charge in [-0.2, -0.15) is 13.2 Å². The second kappa shape index (κ2) is 5.47. The molecule has 1 unspecified atom stereocenters. The summed E-state index contributed by atoms with van der Waals surface area (Å²) in [6.45, 7) is 2.95. The summed E-state index contributed by atoms with van der Waals surface area (Å²) >= 11 is 0. The maximum atomic E-state index is 13.3. The van der Waals surface area contributed by atoms with Gasteiger partial charge in [0.15, 0.2) is 0 Å². The number of hydrogen-bond acceptors (Lipinski definition) is 2. The molecule has 0 bridgehead atoms. The molecule has 2 saturated heterocycles. The van der Waals surface area contributed by atoms with Gasteiger partial charge in [-0.25, -0.2) is 4.39 Å². The standard InChI is InChI=1S/C16H18F4N2O/c1-21-6-4-15(9-21)5-7-22(10-15)14(23)11-2-3-13(17)12(8-11)16(18,19)20/h2-3,8H,4-7,9-10H2,1H3. The molecular weight excluding hydrogens is 312 g/mol. The van der Waals surface area contributed by atoms with Crippen LogP contribution in [0.3, 0.4) is 0 Å². The SMILES string of the molecule is CN1CCC2(CCN(C(=O)c3ccc(F)c(C(F)(F)F)c3)C2)C1. The van der Waals surface area contributed by atoms with Crippen molar-refractivity contribution < 1.29 is 22.4 Å². The van der Waals surface area contributed by atoms with Crippen molar-refractivity contribution in [2.45, 2.75) is 19.0 Å². The van der Waals surface area contributed by atoms with Crippen LogP contribution >= 0.6 is 0 Å². The Morgan fingerprint density at radius 1 is 1.17 bits per heavy atom. The highest BCUT2D eigenvalue weighted by Gasteiger charge is 2.44. The monoisotopic (exact) mass is 330 g/mol. The molecule has 0 aliphatic carbocycles. The van der Waals surface area contributed by atoms with Crippen molar-refractivity contribution >= 4 is 5.91 Å². The molecule has 0 aromatic heterocycles. The van der Waals surface area contributed by atoms with Crippen LogP contribution in [-0.4, -0.2) is 48.9 Å². The van der Waals surface area contributed by atoms with Gasteiger partial charge in [0.2, 0.25) is 0 Å². The van der Waals surface area contributed by atoms with Crippen LogP contribution in [-0.2, 0) is 6.18 Å². The van der Waals surface area contributed by atoms with E-state index in [1.807, 2.05) is 7.05 Å². The quantitative estimate of drug-likeness (QED) is 0.739. The molecule has 1 aromatic rings. The Balaban J connectivity index is 1.79. The van der Waals surface area contributed by atoms with Gasteiger partial charge in [-0.1, -0.05) is 0 Å². The fraction of sp³-hybridized carbons (Fsp3) is 0.562. The molecule has 7 heteroatoms. The molecule has 2 aliphatic heterocycles. The van der Waals surface area contributed by atoms with E-state index in [0.29, 0.717) is 25.2 Å². The highest BCUT2D eigenvalue weighted by Crippen LogP contribution is 2.39. The number of carbonyl (C=O) groups excluding carboxylic acids is 1. The number of likely N-dealkylation sites (tertiary alicyclic amines) is 2. The van der Waals surface area contributed by atoms with Gasteiger partial charge in [-0.15, -0.1) is 0 Å². The highest BCUT2D eigenvalue weighted by molar-refractivity contribution is 5.94. The van der Waals surface area contributed by atoms with Gasteiger partial charge in [-0.3, -0.25) is 4.79 Å². The zero-order chi connectivity index (χ0) is 16.8. The van der Waals surface area contributed by atoms with E-state index in [2.05, 4.69) is 4.90 Å². The van der Waals surface area contributed by atoms with Crippen LogP contribution in [0, 0.1) is 11.2 Å². The average molecular weight is 330 g/mol. The van der Waals surface area contributed by atoms with Crippen molar-refractivity contribution in [1.29, 1.82) is 0 Å². The summed E-state index contributed by atoms with van der Waals surface area (Å²) in [5.41, 5.74) is -1.45. The number of halogens is 4. The van der Waals surface area contributed by atoms with Gasteiger partial charge < -0.3 is 9.80 Å². The van der Waals surface area contributed by atoms with Crippen LogP contribution in [0.4, 0.5) is 17.6 Å². The van der Waals surface area contributed by atoms with Crippen LogP contribution in [0.15, 0.2) is 18.2 Å². The minimum atomic E-state index is -4.80. The van der Waals surface area contributed by atoms with E-state index in [1.165, 1.54) is 0 Å². The largest absolute Gasteiger partial charge is 0.419 e. The molecular formula is C16H18F4N2O. The summed E-state index contributed by atoms with van der Waals surface area (Å²) in [5.74, 6) is -1.81. The van der Waals surface area contributed by atoms with Gasteiger partial charge in [0, 0.05) is 30.6 Å². The fourth-order valence-electron chi connectivity index (χ4n) is 3.66. The normalized spacial score (nSPS) is 25.5. The second-order valence-corrected chi connectivity index (χ2v) is 6.66. The number of benzene rings is 1. The number of carbonyl (C=O) groups is 1. The average Bonchev–Trinajstić information content (AvgIpc) is 3.04. The van der Waals surface area contributed by atoms with Gasteiger partial charge in [0.25, 0.3) is 5.91 Å². The van der Waals surface area contributed by atoms with Crippen LogP contribution in [0.25, 0.3) is 0 Å². The van der Waals surface area contributed by atoms with Gasteiger partial charge in [0.1, 0.15) is 5.82 Å². The Bertz CT molecular complexity index is 631. The molecule has 0 radical (unpaired) electrons. The zero-order valence-corrected chi connectivity index (χ0v) is 12.8. The Hall–Kier alpha value is -1.63. The van der Waals surface area contributed by atoms with Crippen molar-refractivity contribution in [1.82, 2.24) is 9.80 Å². The molecule has 1 spiro atoms. The summed E-state index contributed by atoms with van der Waals surface area (Å²) in [5, 5.41) is 0. The van der Waals surface area contributed by atoms with Crippen molar-refractivity contribution in [3.63, 3.8) is 0 Å². The third-order valence-electron chi connectivity index (χ3n) is 4.87. The lowest BCUT2D eigenvalue weighted by Crippen LogP contribution is -2.33. The summed E-state index contributed by atoms with van der Waals surface area (Å²) in [7, 11) is 2.02. The molecule has 3 nitrogen and oxygen atoms in total. The Kier molecular flexibility index (Phi) is 3.86. The van der Waals surface area contributed by atoms with E-state index in [0.717, 1.165) is 32.0 Å². The first kappa shape index (κ1) is 16.2. The minimum Gasteiger partial charge on any atom is -0.338 e. The fourth-order valence-corrected chi connectivity index (χ4v) is 3.66. The second-order valence-electron chi connectivity index (χ2n) is 6.66. The third kappa shape index (κ3) is 3.06. The van der Waals surface area contributed by atoms with E-state index in [-0.39, 0.29) is 11.0 Å². The molecule has 23 heavy (non-hydrogen) atoms. The third-order valence-corrected chi connectivity index (χ3v) is 4.87. The van der Waals surface area contributed by atoms with Crippen LogP contribution < -0.4 is 0 Å². The molecule has 0 saturated carbocycles. The first-order valence-electron chi connectivity index (χ1n) is 7.55. The molecule has 2 aliphatic rings. The van der Waals surface area contributed by atoms with E-state index in [1.54, 1.807) is 4.90 Å². The number of hydrogen-bond donors (Lipinski definition) is 0. The maximum Gasteiger partial charge on any atom is 0.419 e. The molecule has 2 heterocycles. The van der Waals surface area contributed by atoms with Crippen molar-refractivity contribution in [2.24, 2.45) is 5.41 Å². The van der Waals surface area contributed by atoms with Gasteiger partial charge >= 0.3 is 6.18 Å². The molecule has 1 amide bonds. The smallest absolute Gasteiger partial charge is 0.338 e. The maximum absolute atomic E-state index is 13.3. The Morgan fingerprint density at radius 2 is 1.87 bits per heavy atom. The minimum absolute atomic E-state index is 0.0529. The van der Waals surface area contributed by atoms with Gasteiger partial charge in [-0.05, 0) is 44.6 Å². The summed E-state index contributed by atoms with van der Waals surface area (Å²) in [4.78, 5) is 16.3. The topological polar surface area (TPSA) is 23.6 Å². The molecule has 3 rings (SSSR count). The van der Waals surface area contributed by atoms with Crippen molar-refractivity contribution in [3.8, 4) is 0 Å². The van der Waals surface area contributed by atoms with Crippen LogP contribution in [0.5, 0.6) is 0 Å². The molecule has 2 fully saturated rings. The van der Waals surface area contributed by atoms with E-state index >= 15 is 0 Å². The Morgan fingerprint density at radius 3 is 2.48 bits per heavy atom. The number of nitrogens with zero attached hydrogens (tertiary/aromatic N) is 2. The van der Waals surface area contributed by atoms with E-state index < -0.39 is 23.5 Å². The first-order valence-corrected chi connectivity index (χ1v) is 7.55. The molecule has 0 N–H and O–H groups in total. The lowest BCUT2D eigenvalue weighted by molar-refractivity contribution is -0.140. The Labute approximate surface area is 131 Å². The molecule has 1 aromatic carbocycles. The summed E-state index contributed by atoms with van der Waals surface area (Å²) < 4.78 is 51.7. The van der Waals surface area contributed by atoms with Crippen LogP contribution in [0.2, 0.25) is 0 Å². The van der Waals surface area contributed by atoms with Crippen LogP contribution in [0.1, 0.15) is 28.8 Å². The molecule has 1 atom stereocenters. The predicted molar refractivity (Wildman–Crippen MR) is 76.5 cm³/mol. The van der Waals surface area contributed by atoms with Crippen molar-refractivity contribution in [3.05, 3.63) is 35.1 Å². The highest BCUT2D eigenvalue weighted by atomic mass is 19.4. The van der Waals surface area contributed by atoms with Gasteiger partial charge in [0.05, 0.1) is 5.56 Å². The number of alkyl halides is 3. The predicted octanol–water partition coefficient (Wildman–Crippen LogP) is 3.01. The van der Waals surface area contributed by atoms with Crippen molar-refractivity contribution in [2.75, 3.05) is 33.2 Å². The van der Waals surface area contributed by atoms with E-state index in [9.17, 15) is 22.4 Å². The summed E-state index contributed by atoms with van der Waals surface area (Å²) in [6, 6.07) is 2.45. The first-order chi connectivity index (χ1) is 10.7. The van der Waals surface area contributed by atoms with E-state index in [4.69, 9.17) is 0 Å². The lowest BCUT2D eigenvalue weighted by Gasteiger charge is -2.24. The molecule has 126 valence electrons. The number of rotatable bonds is 1. The summed E-state index contributed by atoms with van der Waals surface area (Å²) in [6.07, 6.45) is -2.96. The lowest BCUT2D eigenvalue weighted by atomic mass is 9.86.